The van der Waals surface area contributed by atoms with Crippen molar-refractivity contribution in [3.8, 4) is 0 Å². The number of hydrogen-bond acceptors (Lipinski definition) is 2. The van der Waals surface area contributed by atoms with Crippen molar-refractivity contribution in [1.82, 2.24) is 5.43 Å². The molecule has 2 aromatic rings. The molecule has 3 rings (SSSR count). The SMILES string of the molecule is O=C(Cc1cccc2c1CCCC2)N/N=C/c1ccc(Cl)cc1. The Hall–Kier alpha value is -2.13. The maximum atomic E-state index is 12.1. The molecular weight excluding hydrogens is 308 g/mol. The van der Waals surface area contributed by atoms with Gasteiger partial charge in [0.1, 0.15) is 0 Å². The van der Waals surface area contributed by atoms with Gasteiger partial charge in [-0.25, -0.2) is 5.43 Å². The van der Waals surface area contributed by atoms with E-state index in [0.717, 1.165) is 24.0 Å². The van der Waals surface area contributed by atoms with Gasteiger partial charge in [0.15, 0.2) is 0 Å². The Morgan fingerprint density at radius 1 is 1.13 bits per heavy atom. The second-order valence-corrected chi connectivity index (χ2v) is 6.22. The molecule has 2 aromatic carbocycles. The summed E-state index contributed by atoms with van der Waals surface area (Å²) in [5.41, 5.74) is 7.37. The summed E-state index contributed by atoms with van der Waals surface area (Å²) in [5, 5.41) is 4.69. The number of nitrogens with zero attached hydrogens (tertiary/aromatic N) is 1. The Morgan fingerprint density at radius 3 is 2.74 bits per heavy atom. The highest BCUT2D eigenvalue weighted by Gasteiger charge is 2.14. The summed E-state index contributed by atoms with van der Waals surface area (Å²) < 4.78 is 0. The van der Waals surface area contributed by atoms with E-state index >= 15 is 0 Å². The Balaban J connectivity index is 1.60. The van der Waals surface area contributed by atoms with Crippen molar-refractivity contribution in [1.29, 1.82) is 0 Å². The molecule has 1 aliphatic carbocycles. The minimum atomic E-state index is -0.0887. The molecule has 0 bridgehead atoms. The summed E-state index contributed by atoms with van der Waals surface area (Å²) in [6.45, 7) is 0. The molecule has 0 unspecified atom stereocenters. The van der Waals surface area contributed by atoms with Gasteiger partial charge >= 0.3 is 0 Å². The van der Waals surface area contributed by atoms with E-state index in [1.54, 1.807) is 18.3 Å². The molecule has 0 aliphatic heterocycles. The van der Waals surface area contributed by atoms with Gasteiger partial charge in [-0.3, -0.25) is 4.79 Å². The first-order chi connectivity index (χ1) is 11.2. The van der Waals surface area contributed by atoms with Gasteiger partial charge in [0, 0.05) is 5.02 Å². The Morgan fingerprint density at radius 2 is 1.91 bits per heavy atom. The Bertz CT molecular complexity index is 723. The summed E-state index contributed by atoms with van der Waals surface area (Å²) in [6.07, 6.45) is 6.65. The van der Waals surface area contributed by atoms with Crippen molar-refractivity contribution in [3.63, 3.8) is 0 Å². The van der Waals surface area contributed by atoms with Crippen LogP contribution in [0.25, 0.3) is 0 Å². The lowest BCUT2D eigenvalue weighted by molar-refractivity contribution is -0.120. The van der Waals surface area contributed by atoms with Gasteiger partial charge in [-0.1, -0.05) is 41.9 Å². The van der Waals surface area contributed by atoms with Crippen LogP contribution < -0.4 is 5.43 Å². The van der Waals surface area contributed by atoms with Crippen molar-refractivity contribution < 1.29 is 4.79 Å². The van der Waals surface area contributed by atoms with Crippen LogP contribution in [-0.4, -0.2) is 12.1 Å². The van der Waals surface area contributed by atoms with Crippen LogP contribution in [-0.2, 0) is 24.1 Å². The van der Waals surface area contributed by atoms with E-state index in [1.165, 1.54) is 24.0 Å². The number of hydrogen-bond donors (Lipinski definition) is 1. The molecule has 0 fully saturated rings. The average molecular weight is 327 g/mol. The number of carbonyl (C=O) groups is 1. The second kappa shape index (κ2) is 7.42. The summed E-state index contributed by atoms with van der Waals surface area (Å²) in [6, 6.07) is 13.6. The lowest BCUT2D eigenvalue weighted by Gasteiger charge is -2.18. The van der Waals surface area contributed by atoms with E-state index in [4.69, 9.17) is 11.6 Å². The number of rotatable bonds is 4. The van der Waals surface area contributed by atoms with E-state index < -0.39 is 0 Å². The number of halogens is 1. The fourth-order valence-electron chi connectivity index (χ4n) is 2.97. The summed E-state index contributed by atoms with van der Waals surface area (Å²) in [5.74, 6) is -0.0887. The topological polar surface area (TPSA) is 41.5 Å². The van der Waals surface area contributed by atoms with Crippen LogP contribution in [0.5, 0.6) is 0 Å². The molecule has 1 N–H and O–H groups in total. The van der Waals surface area contributed by atoms with Gasteiger partial charge in [-0.2, -0.15) is 5.10 Å². The first-order valence-electron chi connectivity index (χ1n) is 7.89. The normalized spacial score (nSPS) is 13.8. The van der Waals surface area contributed by atoms with Crippen molar-refractivity contribution in [2.45, 2.75) is 32.1 Å². The molecular formula is C19H19ClN2O. The first kappa shape index (κ1) is 15.8. The predicted octanol–water partition coefficient (Wildman–Crippen LogP) is 3.91. The largest absolute Gasteiger partial charge is 0.273 e. The second-order valence-electron chi connectivity index (χ2n) is 5.78. The molecule has 0 aromatic heterocycles. The number of nitrogens with one attached hydrogen (secondary N) is 1. The molecule has 1 aliphatic rings. The van der Waals surface area contributed by atoms with Crippen LogP contribution in [0.3, 0.4) is 0 Å². The maximum Gasteiger partial charge on any atom is 0.244 e. The minimum Gasteiger partial charge on any atom is -0.273 e. The Kier molecular flexibility index (Phi) is 5.09. The van der Waals surface area contributed by atoms with Gasteiger partial charge < -0.3 is 0 Å². The smallest absolute Gasteiger partial charge is 0.244 e. The van der Waals surface area contributed by atoms with E-state index in [0.29, 0.717) is 11.4 Å². The maximum absolute atomic E-state index is 12.1. The van der Waals surface area contributed by atoms with E-state index in [-0.39, 0.29) is 5.91 Å². The lowest BCUT2D eigenvalue weighted by atomic mass is 9.87. The zero-order chi connectivity index (χ0) is 16.1. The number of hydrazone groups is 1. The molecule has 0 radical (unpaired) electrons. The zero-order valence-electron chi connectivity index (χ0n) is 12.9. The van der Waals surface area contributed by atoms with Crippen LogP contribution in [0.2, 0.25) is 5.02 Å². The fraction of sp³-hybridized carbons (Fsp3) is 0.263. The number of aryl methyl sites for hydroxylation is 1. The summed E-state index contributed by atoms with van der Waals surface area (Å²) in [7, 11) is 0. The molecule has 0 atom stereocenters. The first-order valence-corrected chi connectivity index (χ1v) is 8.27. The molecule has 4 heteroatoms. The highest BCUT2D eigenvalue weighted by Crippen LogP contribution is 2.24. The van der Waals surface area contributed by atoms with Gasteiger partial charge in [0.25, 0.3) is 0 Å². The van der Waals surface area contributed by atoms with Crippen LogP contribution in [0.4, 0.5) is 0 Å². The molecule has 0 heterocycles. The number of carbonyl (C=O) groups excluding carboxylic acids is 1. The van der Waals surface area contributed by atoms with Crippen molar-refractivity contribution in [3.05, 3.63) is 69.7 Å². The highest BCUT2D eigenvalue weighted by atomic mass is 35.5. The van der Waals surface area contributed by atoms with Crippen molar-refractivity contribution in [2.75, 3.05) is 0 Å². The van der Waals surface area contributed by atoms with Crippen molar-refractivity contribution >= 4 is 23.7 Å². The van der Waals surface area contributed by atoms with Gasteiger partial charge in [0.05, 0.1) is 12.6 Å². The average Bonchev–Trinajstić information content (AvgIpc) is 2.57. The minimum absolute atomic E-state index is 0.0887. The fourth-order valence-corrected chi connectivity index (χ4v) is 3.09. The molecule has 118 valence electrons. The number of fused-ring (bicyclic) bond motifs is 1. The van der Waals surface area contributed by atoms with Crippen LogP contribution in [0, 0.1) is 0 Å². The Labute approximate surface area is 141 Å². The lowest BCUT2D eigenvalue weighted by Crippen LogP contribution is -2.21. The third-order valence-corrected chi connectivity index (χ3v) is 4.37. The molecule has 0 spiro atoms. The van der Waals surface area contributed by atoms with Crippen LogP contribution >= 0.6 is 11.6 Å². The van der Waals surface area contributed by atoms with Gasteiger partial charge in [0.2, 0.25) is 5.91 Å². The third-order valence-electron chi connectivity index (χ3n) is 4.12. The monoisotopic (exact) mass is 326 g/mol. The van der Waals surface area contributed by atoms with Crippen LogP contribution in [0.1, 0.15) is 35.1 Å². The third kappa shape index (κ3) is 4.20. The number of amides is 1. The van der Waals surface area contributed by atoms with Crippen LogP contribution in [0.15, 0.2) is 47.6 Å². The van der Waals surface area contributed by atoms with E-state index in [1.807, 2.05) is 24.3 Å². The summed E-state index contributed by atoms with van der Waals surface area (Å²) in [4.78, 5) is 12.1. The highest BCUT2D eigenvalue weighted by molar-refractivity contribution is 6.30. The molecule has 3 nitrogen and oxygen atoms in total. The number of benzene rings is 2. The molecule has 1 amide bonds. The molecule has 23 heavy (non-hydrogen) atoms. The quantitative estimate of drug-likeness (QED) is 0.671. The molecule has 0 saturated heterocycles. The zero-order valence-corrected chi connectivity index (χ0v) is 13.6. The van der Waals surface area contributed by atoms with E-state index in [9.17, 15) is 4.79 Å². The van der Waals surface area contributed by atoms with Gasteiger partial charge in [-0.15, -0.1) is 0 Å². The standard InChI is InChI=1S/C19H19ClN2O/c20-17-10-8-14(9-11-17)13-21-22-19(23)12-16-6-3-5-15-4-1-2-7-18(15)16/h3,5-6,8-11,13H,1-2,4,7,12H2,(H,22,23)/b21-13+. The molecule has 0 saturated carbocycles. The van der Waals surface area contributed by atoms with E-state index in [2.05, 4.69) is 16.6 Å². The van der Waals surface area contributed by atoms with Gasteiger partial charge in [-0.05, 0) is 60.1 Å². The summed E-state index contributed by atoms with van der Waals surface area (Å²) >= 11 is 5.83. The predicted molar refractivity (Wildman–Crippen MR) is 94.0 cm³/mol. The van der Waals surface area contributed by atoms with Crippen molar-refractivity contribution in [2.24, 2.45) is 5.10 Å².